The van der Waals surface area contributed by atoms with Gasteiger partial charge in [-0.05, 0) is 25.7 Å². The molecule has 4 rings (SSSR count). The monoisotopic (exact) mass is 389 g/mol. The molecule has 2 fully saturated rings. The summed E-state index contributed by atoms with van der Waals surface area (Å²) in [5.74, 6) is -0.802. The Bertz CT molecular complexity index is 653. The quantitative estimate of drug-likeness (QED) is 0.841. The van der Waals surface area contributed by atoms with Crippen molar-refractivity contribution < 1.29 is 13.6 Å². The Morgan fingerprint density at radius 2 is 2.00 bits per heavy atom. The SMILES string of the molecule is Cl.O=C(C1CC(F)(F)CN1)N1CCCC(c2nnc3n2CCCCC3)C1. The van der Waals surface area contributed by atoms with Gasteiger partial charge in [0.05, 0.1) is 12.6 Å². The van der Waals surface area contributed by atoms with E-state index in [0.29, 0.717) is 13.1 Å². The third-order valence-electron chi connectivity index (χ3n) is 5.64. The number of amides is 1. The minimum atomic E-state index is -2.78. The fraction of sp³-hybridized carbons (Fsp3) is 0.824. The highest BCUT2D eigenvalue weighted by molar-refractivity contribution is 5.85. The van der Waals surface area contributed by atoms with Crippen LogP contribution in [0.1, 0.15) is 56.1 Å². The normalized spacial score (nSPS) is 28.2. The molecule has 1 aromatic rings. The molecule has 0 radical (unpaired) electrons. The molecular formula is C17H26ClF2N5O. The molecule has 0 saturated carbocycles. The smallest absolute Gasteiger partial charge is 0.262 e. The van der Waals surface area contributed by atoms with Crippen LogP contribution in [0.3, 0.4) is 0 Å². The van der Waals surface area contributed by atoms with Gasteiger partial charge in [-0.25, -0.2) is 8.78 Å². The zero-order chi connectivity index (χ0) is 17.4. The van der Waals surface area contributed by atoms with E-state index < -0.39 is 24.9 Å². The fourth-order valence-corrected chi connectivity index (χ4v) is 4.31. The van der Waals surface area contributed by atoms with Gasteiger partial charge in [0.2, 0.25) is 5.91 Å². The first-order chi connectivity index (χ1) is 12.0. The molecule has 0 aliphatic carbocycles. The number of fused-ring (bicyclic) bond motifs is 1. The molecule has 1 amide bonds. The van der Waals surface area contributed by atoms with Crippen LogP contribution >= 0.6 is 12.4 Å². The topological polar surface area (TPSA) is 63.1 Å². The van der Waals surface area contributed by atoms with Gasteiger partial charge in [0, 0.05) is 38.4 Å². The Morgan fingerprint density at radius 3 is 2.77 bits per heavy atom. The number of piperidine rings is 1. The van der Waals surface area contributed by atoms with Crippen molar-refractivity contribution in [3.8, 4) is 0 Å². The highest BCUT2D eigenvalue weighted by atomic mass is 35.5. The number of aromatic nitrogens is 3. The number of hydrogen-bond donors (Lipinski definition) is 1. The molecule has 2 atom stereocenters. The average molecular weight is 390 g/mol. The molecule has 3 aliphatic rings. The number of aryl methyl sites for hydroxylation is 1. The van der Waals surface area contributed by atoms with Crippen LogP contribution in [0.2, 0.25) is 0 Å². The van der Waals surface area contributed by atoms with Crippen LogP contribution in [-0.2, 0) is 17.8 Å². The number of carbonyl (C=O) groups is 1. The van der Waals surface area contributed by atoms with Gasteiger partial charge in [-0.3, -0.25) is 10.1 Å². The third-order valence-corrected chi connectivity index (χ3v) is 5.64. The second-order valence-corrected chi connectivity index (χ2v) is 7.55. The molecule has 0 spiro atoms. The molecule has 26 heavy (non-hydrogen) atoms. The maximum atomic E-state index is 13.4. The zero-order valence-corrected chi connectivity index (χ0v) is 15.6. The largest absolute Gasteiger partial charge is 0.341 e. The lowest BCUT2D eigenvalue weighted by atomic mass is 9.96. The molecule has 0 bridgehead atoms. The Labute approximate surface area is 158 Å². The molecule has 2 unspecified atom stereocenters. The number of nitrogens with zero attached hydrogens (tertiary/aromatic N) is 4. The summed E-state index contributed by atoms with van der Waals surface area (Å²) < 4.78 is 29.0. The Hall–Kier alpha value is -1.28. The molecule has 4 heterocycles. The van der Waals surface area contributed by atoms with Gasteiger partial charge in [0.1, 0.15) is 11.6 Å². The van der Waals surface area contributed by atoms with Crippen molar-refractivity contribution in [2.24, 2.45) is 0 Å². The first-order valence-corrected chi connectivity index (χ1v) is 9.35. The van der Waals surface area contributed by atoms with Crippen molar-refractivity contribution in [3.63, 3.8) is 0 Å². The van der Waals surface area contributed by atoms with Gasteiger partial charge in [-0.15, -0.1) is 22.6 Å². The molecule has 1 N–H and O–H groups in total. The van der Waals surface area contributed by atoms with Crippen LogP contribution in [0.15, 0.2) is 0 Å². The van der Waals surface area contributed by atoms with Crippen LogP contribution < -0.4 is 5.32 Å². The van der Waals surface area contributed by atoms with Crippen molar-refractivity contribution in [3.05, 3.63) is 11.6 Å². The van der Waals surface area contributed by atoms with Crippen LogP contribution in [0, 0.1) is 0 Å². The number of nitrogens with one attached hydrogen (secondary N) is 1. The van der Waals surface area contributed by atoms with E-state index in [0.717, 1.165) is 50.3 Å². The Morgan fingerprint density at radius 1 is 1.15 bits per heavy atom. The third kappa shape index (κ3) is 3.86. The summed E-state index contributed by atoms with van der Waals surface area (Å²) in [6, 6.07) is -0.760. The minimum absolute atomic E-state index is 0. The van der Waals surface area contributed by atoms with E-state index in [9.17, 15) is 13.6 Å². The summed E-state index contributed by atoms with van der Waals surface area (Å²) >= 11 is 0. The molecule has 146 valence electrons. The maximum Gasteiger partial charge on any atom is 0.262 e. The minimum Gasteiger partial charge on any atom is -0.341 e. The molecule has 1 aromatic heterocycles. The maximum absolute atomic E-state index is 13.4. The standard InChI is InChI=1S/C17H25F2N5O.ClH/c18-17(19)9-13(20-11-17)16(25)23-7-4-5-12(10-23)15-22-21-14-6-2-1-3-8-24(14)15;/h12-13,20H,1-11H2;1H. The lowest BCUT2D eigenvalue weighted by Gasteiger charge is -2.34. The van der Waals surface area contributed by atoms with E-state index in [1.807, 2.05) is 0 Å². The van der Waals surface area contributed by atoms with Gasteiger partial charge >= 0.3 is 0 Å². The van der Waals surface area contributed by atoms with Crippen molar-refractivity contribution in [2.45, 2.75) is 69.4 Å². The summed E-state index contributed by atoms with van der Waals surface area (Å²) in [6.45, 7) is 1.73. The first kappa shape index (κ1) is 19.5. The highest BCUT2D eigenvalue weighted by Gasteiger charge is 2.44. The number of carbonyl (C=O) groups excluding carboxylic acids is 1. The van der Waals surface area contributed by atoms with E-state index >= 15 is 0 Å². The highest BCUT2D eigenvalue weighted by Crippen LogP contribution is 2.30. The van der Waals surface area contributed by atoms with E-state index in [1.165, 1.54) is 6.42 Å². The first-order valence-electron chi connectivity index (χ1n) is 9.35. The van der Waals surface area contributed by atoms with Crippen LogP contribution in [0.5, 0.6) is 0 Å². The lowest BCUT2D eigenvalue weighted by Crippen LogP contribution is -2.47. The molecule has 6 nitrogen and oxygen atoms in total. The fourth-order valence-electron chi connectivity index (χ4n) is 4.31. The number of alkyl halides is 2. The van der Waals surface area contributed by atoms with Crippen molar-refractivity contribution in [2.75, 3.05) is 19.6 Å². The van der Waals surface area contributed by atoms with E-state index in [-0.39, 0.29) is 24.2 Å². The average Bonchev–Trinajstić information content (AvgIpc) is 3.09. The summed E-state index contributed by atoms with van der Waals surface area (Å²) in [5.41, 5.74) is 0. The number of likely N-dealkylation sites (tertiary alicyclic amines) is 1. The van der Waals surface area contributed by atoms with Crippen LogP contribution in [0.4, 0.5) is 8.78 Å². The predicted molar refractivity (Wildman–Crippen MR) is 94.7 cm³/mol. The van der Waals surface area contributed by atoms with Crippen molar-refractivity contribution >= 4 is 18.3 Å². The van der Waals surface area contributed by atoms with Gasteiger partial charge in [-0.1, -0.05) is 6.42 Å². The lowest BCUT2D eigenvalue weighted by molar-refractivity contribution is -0.135. The molecular weight excluding hydrogens is 364 g/mol. The number of rotatable bonds is 2. The van der Waals surface area contributed by atoms with Gasteiger partial charge < -0.3 is 9.47 Å². The predicted octanol–water partition coefficient (Wildman–Crippen LogP) is 2.13. The Kier molecular flexibility index (Phi) is 5.81. The second kappa shape index (κ2) is 7.76. The van der Waals surface area contributed by atoms with Gasteiger partial charge in [0.25, 0.3) is 5.92 Å². The number of hydrogen-bond acceptors (Lipinski definition) is 4. The second-order valence-electron chi connectivity index (χ2n) is 7.55. The van der Waals surface area contributed by atoms with E-state index in [4.69, 9.17) is 0 Å². The molecule has 3 aliphatic heterocycles. The number of halogens is 3. The Balaban J connectivity index is 0.00000196. The summed E-state index contributed by atoms with van der Waals surface area (Å²) in [5, 5.41) is 11.5. The van der Waals surface area contributed by atoms with Gasteiger partial charge in [0.15, 0.2) is 0 Å². The van der Waals surface area contributed by atoms with Crippen molar-refractivity contribution in [1.82, 2.24) is 25.0 Å². The molecule has 0 aromatic carbocycles. The van der Waals surface area contributed by atoms with E-state index in [1.54, 1.807) is 4.90 Å². The summed E-state index contributed by atoms with van der Waals surface area (Å²) in [4.78, 5) is 14.4. The summed E-state index contributed by atoms with van der Waals surface area (Å²) in [6.07, 6.45) is 5.90. The van der Waals surface area contributed by atoms with Gasteiger partial charge in [-0.2, -0.15) is 0 Å². The van der Waals surface area contributed by atoms with Crippen LogP contribution in [-0.4, -0.2) is 57.2 Å². The van der Waals surface area contributed by atoms with Crippen molar-refractivity contribution in [1.29, 1.82) is 0 Å². The molecule has 2 saturated heterocycles. The van der Waals surface area contributed by atoms with E-state index in [2.05, 4.69) is 20.1 Å². The summed E-state index contributed by atoms with van der Waals surface area (Å²) in [7, 11) is 0. The zero-order valence-electron chi connectivity index (χ0n) is 14.8. The van der Waals surface area contributed by atoms with Crippen LogP contribution in [0.25, 0.3) is 0 Å². The molecule has 9 heteroatoms.